The number of nitrogens with one attached hydrogen (secondary N) is 1. The van der Waals surface area contributed by atoms with Crippen LogP contribution in [0.25, 0.3) is 0 Å². The lowest BCUT2D eigenvalue weighted by Crippen LogP contribution is -2.57. The van der Waals surface area contributed by atoms with Gasteiger partial charge in [-0.05, 0) is 53.4 Å². The molecule has 0 radical (unpaired) electrons. The van der Waals surface area contributed by atoms with Crippen LogP contribution < -0.4 is 11.1 Å². The molecule has 1 saturated carbocycles. The first-order chi connectivity index (χ1) is 9.44. The van der Waals surface area contributed by atoms with E-state index in [0.717, 1.165) is 35.7 Å². The Morgan fingerprint density at radius 1 is 1.35 bits per heavy atom. The van der Waals surface area contributed by atoms with Gasteiger partial charge in [-0.1, -0.05) is 37.5 Å². The van der Waals surface area contributed by atoms with E-state index in [9.17, 15) is 4.79 Å². The average molecular weight is 355 g/mol. The molecule has 5 heteroatoms. The molecule has 1 amide bonds. The number of aryl methyl sites for hydroxylation is 1. The minimum atomic E-state index is -0.519. The molecular weight excluding hydrogens is 336 g/mol. The lowest BCUT2D eigenvalue weighted by atomic mass is 9.81. The van der Waals surface area contributed by atoms with E-state index in [2.05, 4.69) is 21.2 Å². The number of thiocarbonyl (C=S) groups is 1. The van der Waals surface area contributed by atoms with Crippen molar-refractivity contribution in [3.8, 4) is 0 Å². The molecule has 0 spiro atoms. The zero-order valence-corrected chi connectivity index (χ0v) is 13.9. The predicted octanol–water partition coefficient (Wildman–Crippen LogP) is 3.48. The highest BCUT2D eigenvalue weighted by Gasteiger charge is 2.36. The van der Waals surface area contributed by atoms with Crippen molar-refractivity contribution in [3.63, 3.8) is 0 Å². The fourth-order valence-electron chi connectivity index (χ4n) is 2.68. The minimum Gasteiger partial charge on any atom is -0.391 e. The summed E-state index contributed by atoms with van der Waals surface area (Å²) in [5.74, 6) is -0.119. The van der Waals surface area contributed by atoms with Gasteiger partial charge in [-0.3, -0.25) is 4.79 Å². The molecule has 1 aliphatic carbocycles. The van der Waals surface area contributed by atoms with Crippen LogP contribution in [0.4, 0.5) is 0 Å². The quantitative estimate of drug-likeness (QED) is 0.817. The van der Waals surface area contributed by atoms with Crippen LogP contribution in [0.15, 0.2) is 22.7 Å². The van der Waals surface area contributed by atoms with Crippen molar-refractivity contribution >= 4 is 39.0 Å². The van der Waals surface area contributed by atoms with Gasteiger partial charge < -0.3 is 11.1 Å². The summed E-state index contributed by atoms with van der Waals surface area (Å²) < 4.78 is 0.795. The summed E-state index contributed by atoms with van der Waals surface area (Å²) >= 11 is 8.64. The van der Waals surface area contributed by atoms with E-state index in [4.69, 9.17) is 18.0 Å². The van der Waals surface area contributed by atoms with Gasteiger partial charge in [-0.25, -0.2) is 0 Å². The van der Waals surface area contributed by atoms with Crippen molar-refractivity contribution in [2.45, 2.75) is 44.6 Å². The number of amides is 1. The molecular formula is C15H19BrN2OS. The first-order valence-electron chi connectivity index (χ1n) is 6.83. The number of benzene rings is 1. The highest BCUT2D eigenvalue weighted by molar-refractivity contribution is 9.10. The molecule has 3 N–H and O–H groups in total. The third-order valence-corrected chi connectivity index (χ3v) is 4.95. The second-order valence-electron chi connectivity index (χ2n) is 5.44. The molecule has 1 aromatic rings. The molecule has 1 fully saturated rings. The van der Waals surface area contributed by atoms with Crippen LogP contribution in [-0.4, -0.2) is 16.4 Å². The topological polar surface area (TPSA) is 55.1 Å². The van der Waals surface area contributed by atoms with Crippen molar-refractivity contribution in [3.05, 3.63) is 33.8 Å². The summed E-state index contributed by atoms with van der Waals surface area (Å²) in [6.45, 7) is 1.99. The normalized spacial score (nSPS) is 17.5. The summed E-state index contributed by atoms with van der Waals surface area (Å²) in [5, 5.41) is 3.07. The van der Waals surface area contributed by atoms with Crippen molar-refractivity contribution in [2.75, 3.05) is 0 Å². The number of halogens is 1. The van der Waals surface area contributed by atoms with Gasteiger partial charge in [0.1, 0.15) is 0 Å². The van der Waals surface area contributed by atoms with Gasteiger partial charge in [0.2, 0.25) is 0 Å². The SMILES string of the molecule is Cc1ccc(C(=O)NC2(C(N)=S)CCCCC2)c(Br)c1. The number of carbonyl (C=O) groups is 1. The monoisotopic (exact) mass is 354 g/mol. The van der Waals surface area contributed by atoms with Crippen molar-refractivity contribution in [1.29, 1.82) is 0 Å². The summed E-state index contributed by atoms with van der Waals surface area (Å²) in [6, 6.07) is 5.68. The second-order valence-corrected chi connectivity index (χ2v) is 6.74. The van der Waals surface area contributed by atoms with E-state index in [1.165, 1.54) is 6.42 Å². The van der Waals surface area contributed by atoms with Crippen LogP contribution in [0.1, 0.15) is 48.0 Å². The standard InChI is InChI=1S/C15H19BrN2OS/c1-10-5-6-11(12(16)9-10)13(19)18-15(14(17)20)7-3-2-4-8-15/h5-6,9H,2-4,7-8H2,1H3,(H2,17,20)(H,18,19). The van der Waals surface area contributed by atoms with Gasteiger partial charge in [0.15, 0.2) is 0 Å². The lowest BCUT2D eigenvalue weighted by molar-refractivity contribution is 0.0907. The molecule has 0 saturated heterocycles. The van der Waals surface area contributed by atoms with E-state index < -0.39 is 5.54 Å². The van der Waals surface area contributed by atoms with Crippen molar-refractivity contribution < 1.29 is 4.79 Å². The largest absolute Gasteiger partial charge is 0.391 e. The lowest BCUT2D eigenvalue weighted by Gasteiger charge is -2.37. The summed E-state index contributed by atoms with van der Waals surface area (Å²) in [7, 11) is 0. The molecule has 108 valence electrons. The molecule has 0 atom stereocenters. The molecule has 2 rings (SSSR count). The maximum Gasteiger partial charge on any atom is 0.253 e. The first-order valence-corrected chi connectivity index (χ1v) is 8.03. The fraction of sp³-hybridized carbons (Fsp3) is 0.467. The van der Waals surface area contributed by atoms with Crippen molar-refractivity contribution in [1.82, 2.24) is 5.32 Å². The Bertz CT molecular complexity index is 539. The first kappa shape index (κ1) is 15.4. The fourth-order valence-corrected chi connectivity index (χ4v) is 3.61. The molecule has 1 aromatic carbocycles. The third-order valence-electron chi connectivity index (χ3n) is 3.90. The Balaban J connectivity index is 2.22. The Kier molecular flexibility index (Phi) is 4.81. The van der Waals surface area contributed by atoms with E-state index in [1.54, 1.807) is 0 Å². The summed E-state index contributed by atoms with van der Waals surface area (Å²) in [5.41, 5.74) is 7.11. The van der Waals surface area contributed by atoms with Gasteiger partial charge >= 0.3 is 0 Å². The average Bonchev–Trinajstić information content (AvgIpc) is 2.39. The molecule has 0 aliphatic heterocycles. The number of carbonyl (C=O) groups excluding carboxylic acids is 1. The molecule has 0 bridgehead atoms. The highest BCUT2D eigenvalue weighted by atomic mass is 79.9. The number of hydrogen-bond donors (Lipinski definition) is 2. The van der Waals surface area contributed by atoms with Crippen LogP contribution in [0.2, 0.25) is 0 Å². The van der Waals surface area contributed by atoms with Gasteiger partial charge in [-0.15, -0.1) is 0 Å². The van der Waals surface area contributed by atoms with Crippen LogP contribution in [0.3, 0.4) is 0 Å². The van der Waals surface area contributed by atoms with Crippen LogP contribution in [0.5, 0.6) is 0 Å². The molecule has 0 unspecified atom stereocenters. The van der Waals surface area contributed by atoms with Crippen LogP contribution in [-0.2, 0) is 0 Å². The van der Waals surface area contributed by atoms with Crippen LogP contribution in [0, 0.1) is 6.92 Å². The number of nitrogens with two attached hydrogens (primary N) is 1. The predicted molar refractivity (Wildman–Crippen MR) is 88.9 cm³/mol. The Morgan fingerprint density at radius 3 is 2.55 bits per heavy atom. The van der Waals surface area contributed by atoms with Crippen molar-refractivity contribution in [2.24, 2.45) is 5.73 Å². The van der Waals surface area contributed by atoms with Gasteiger partial charge in [0, 0.05) is 4.47 Å². The molecule has 1 aliphatic rings. The number of rotatable bonds is 3. The van der Waals surface area contributed by atoms with Gasteiger partial charge in [0.25, 0.3) is 5.91 Å². The van der Waals surface area contributed by atoms with Gasteiger partial charge in [0.05, 0.1) is 16.1 Å². The zero-order valence-electron chi connectivity index (χ0n) is 11.5. The van der Waals surface area contributed by atoms with Crippen LogP contribution >= 0.6 is 28.1 Å². The second kappa shape index (κ2) is 6.22. The van der Waals surface area contributed by atoms with E-state index >= 15 is 0 Å². The smallest absolute Gasteiger partial charge is 0.253 e. The Labute approximate surface area is 133 Å². The van der Waals surface area contributed by atoms with E-state index in [0.29, 0.717) is 10.6 Å². The Hall–Kier alpha value is -0.940. The zero-order chi connectivity index (χ0) is 14.8. The molecule has 20 heavy (non-hydrogen) atoms. The Morgan fingerprint density at radius 2 is 2.00 bits per heavy atom. The van der Waals surface area contributed by atoms with E-state index in [1.807, 2.05) is 25.1 Å². The number of hydrogen-bond acceptors (Lipinski definition) is 2. The highest BCUT2D eigenvalue weighted by Crippen LogP contribution is 2.29. The summed E-state index contributed by atoms with van der Waals surface area (Å²) in [6.07, 6.45) is 4.93. The molecule has 0 aromatic heterocycles. The molecule has 3 nitrogen and oxygen atoms in total. The minimum absolute atomic E-state index is 0.119. The third kappa shape index (κ3) is 3.20. The summed E-state index contributed by atoms with van der Waals surface area (Å²) in [4.78, 5) is 12.9. The van der Waals surface area contributed by atoms with E-state index in [-0.39, 0.29) is 5.91 Å². The molecule has 0 heterocycles. The maximum absolute atomic E-state index is 12.5. The maximum atomic E-state index is 12.5. The van der Waals surface area contributed by atoms with Gasteiger partial charge in [-0.2, -0.15) is 0 Å².